The molecule has 0 amide bonds. The summed E-state index contributed by atoms with van der Waals surface area (Å²) in [5.74, 6) is 0.251. The predicted octanol–water partition coefficient (Wildman–Crippen LogP) is 4.88. The molecule has 5 nitrogen and oxygen atoms in total. The largest absolute Gasteiger partial charge is 0.452 e. The first-order chi connectivity index (χ1) is 13.7. The first kappa shape index (κ1) is 18.2. The van der Waals surface area contributed by atoms with E-state index in [0.29, 0.717) is 33.9 Å². The fourth-order valence-electron chi connectivity index (χ4n) is 3.72. The molecule has 1 heterocycles. The lowest BCUT2D eigenvalue weighted by Gasteiger charge is -2.24. The van der Waals surface area contributed by atoms with Gasteiger partial charge in [-0.25, -0.2) is 4.98 Å². The molecule has 0 saturated carbocycles. The Bertz CT molecular complexity index is 1190. The molecule has 0 radical (unpaired) electrons. The Morgan fingerprint density at radius 2 is 1.75 bits per heavy atom. The van der Waals surface area contributed by atoms with Gasteiger partial charge >= 0.3 is 0 Å². The smallest absolute Gasteiger partial charge is 0.200 e. The van der Waals surface area contributed by atoms with E-state index < -0.39 is 0 Å². The van der Waals surface area contributed by atoms with Crippen LogP contribution in [0.1, 0.15) is 37.0 Å². The second-order valence-corrected chi connectivity index (χ2v) is 6.94. The van der Waals surface area contributed by atoms with Crippen molar-refractivity contribution in [3.63, 3.8) is 0 Å². The van der Waals surface area contributed by atoms with Crippen molar-refractivity contribution in [2.45, 2.75) is 26.7 Å². The van der Waals surface area contributed by atoms with Crippen molar-refractivity contribution in [2.75, 3.05) is 18.0 Å². The lowest BCUT2D eigenvalue weighted by atomic mass is 10.00. The minimum absolute atomic E-state index is 0.0208. The third-order valence-electron chi connectivity index (χ3n) is 4.99. The van der Waals surface area contributed by atoms with E-state index in [1.807, 2.05) is 30.3 Å². The van der Waals surface area contributed by atoms with Crippen LogP contribution in [-0.2, 0) is 0 Å². The zero-order valence-electron chi connectivity index (χ0n) is 16.1. The van der Waals surface area contributed by atoms with E-state index in [1.54, 1.807) is 12.1 Å². The van der Waals surface area contributed by atoms with Gasteiger partial charge in [0.1, 0.15) is 16.8 Å². The van der Waals surface area contributed by atoms with Gasteiger partial charge in [-0.15, -0.1) is 0 Å². The van der Waals surface area contributed by atoms with Gasteiger partial charge in [0.25, 0.3) is 0 Å². The molecule has 5 heteroatoms. The lowest BCUT2D eigenvalue weighted by molar-refractivity contribution is 0.112. The van der Waals surface area contributed by atoms with Crippen LogP contribution in [0, 0.1) is 0 Å². The molecule has 4 rings (SSSR count). The molecule has 142 valence electrons. The van der Waals surface area contributed by atoms with Crippen LogP contribution in [-0.4, -0.2) is 24.4 Å². The highest BCUT2D eigenvalue weighted by Crippen LogP contribution is 2.33. The summed E-state index contributed by atoms with van der Waals surface area (Å²) < 4.78 is 6.08. The molecule has 0 spiro atoms. The second-order valence-electron chi connectivity index (χ2n) is 6.94. The Balaban J connectivity index is 2.01. The lowest BCUT2D eigenvalue weighted by Crippen LogP contribution is -2.24. The first-order valence-corrected chi connectivity index (χ1v) is 9.67. The third-order valence-corrected chi connectivity index (χ3v) is 4.99. The minimum Gasteiger partial charge on any atom is -0.452 e. The highest BCUT2D eigenvalue weighted by Gasteiger charge is 2.22. The maximum Gasteiger partial charge on any atom is 0.200 e. The van der Waals surface area contributed by atoms with Gasteiger partial charge in [0.2, 0.25) is 5.43 Å². The van der Waals surface area contributed by atoms with Gasteiger partial charge in [0.15, 0.2) is 17.6 Å². The highest BCUT2D eigenvalue weighted by atomic mass is 16.3. The van der Waals surface area contributed by atoms with Crippen molar-refractivity contribution in [1.29, 1.82) is 0 Å². The molecule has 0 N–H and O–H groups in total. The van der Waals surface area contributed by atoms with Crippen molar-refractivity contribution in [3.05, 3.63) is 58.3 Å². The molecule has 0 bridgehead atoms. The number of aldehydes is 1. The Morgan fingerprint density at radius 3 is 2.43 bits per heavy atom. The summed E-state index contributed by atoms with van der Waals surface area (Å²) in [5, 5.41) is 1.18. The number of anilines is 1. The number of rotatable bonds is 6. The van der Waals surface area contributed by atoms with E-state index in [4.69, 9.17) is 9.40 Å². The van der Waals surface area contributed by atoms with Crippen LogP contribution >= 0.6 is 0 Å². The standard InChI is InChI=1S/C23H22N2O3/c1-3-11-25(12-4-2)15-9-10-19-20(13-15)28-23-18(14-26)22(27)17-8-6-5-7-16(17)21(23)24-19/h5-10,13-14H,3-4,11-12H2,1-2H3. The van der Waals surface area contributed by atoms with Crippen molar-refractivity contribution < 1.29 is 9.21 Å². The van der Waals surface area contributed by atoms with Gasteiger partial charge in [-0.3, -0.25) is 9.59 Å². The molecule has 0 atom stereocenters. The van der Waals surface area contributed by atoms with Crippen LogP contribution in [0.5, 0.6) is 0 Å². The summed E-state index contributed by atoms with van der Waals surface area (Å²) in [7, 11) is 0. The summed E-state index contributed by atoms with van der Waals surface area (Å²) in [6.07, 6.45) is 2.66. The maximum atomic E-state index is 12.7. The van der Waals surface area contributed by atoms with Crippen LogP contribution in [0.4, 0.5) is 5.69 Å². The summed E-state index contributed by atoms with van der Waals surface area (Å²) >= 11 is 0. The highest BCUT2D eigenvalue weighted by molar-refractivity contribution is 6.03. The quantitative estimate of drug-likeness (QED) is 0.273. The Morgan fingerprint density at radius 1 is 1.04 bits per heavy atom. The van der Waals surface area contributed by atoms with Crippen molar-refractivity contribution in [1.82, 2.24) is 4.98 Å². The summed E-state index contributed by atoms with van der Waals surface area (Å²) in [6.45, 7) is 6.21. The van der Waals surface area contributed by atoms with Gasteiger partial charge in [-0.05, 0) is 25.0 Å². The number of hydrogen-bond donors (Lipinski definition) is 0. The van der Waals surface area contributed by atoms with Crippen molar-refractivity contribution in [2.24, 2.45) is 0 Å². The maximum absolute atomic E-state index is 12.7. The van der Waals surface area contributed by atoms with Gasteiger partial charge in [0.05, 0.1) is 0 Å². The molecule has 2 aliphatic rings. The Hall–Kier alpha value is -3.21. The van der Waals surface area contributed by atoms with Crippen molar-refractivity contribution in [3.8, 4) is 11.5 Å². The summed E-state index contributed by atoms with van der Waals surface area (Å²) in [4.78, 5) is 31.4. The molecule has 28 heavy (non-hydrogen) atoms. The molecule has 1 aliphatic heterocycles. The Labute approximate surface area is 162 Å². The molecule has 2 aromatic rings. The predicted molar refractivity (Wildman–Crippen MR) is 113 cm³/mol. The molecule has 0 aromatic heterocycles. The number of fused-ring (bicyclic) bond motifs is 4. The zero-order valence-corrected chi connectivity index (χ0v) is 16.1. The van der Waals surface area contributed by atoms with E-state index in [2.05, 4.69) is 18.7 Å². The number of carbonyl (C=O) groups is 1. The number of hydrogen-bond acceptors (Lipinski definition) is 5. The first-order valence-electron chi connectivity index (χ1n) is 9.67. The molecular formula is C23H22N2O3. The second kappa shape index (κ2) is 7.43. The minimum atomic E-state index is -0.322. The summed E-state index contributed by atoms with van der Waals surface area (Å²) in [5.41, 5.74) is 2.56. The average Bonchev–Trinajstić information content (AvgIpc) is 2.72. The average molecular weight is 374 g/mol. The molecular weight excluding hydrogens is 352 g/mol. The van der Waals surface area contributed by atoms with Crippen LogP contribution < -0.4 is 10.3 Å². The molecule has 0 unspecified atom stereocenters. The molecule has 1 aliphatic carbocycles. The fraction of sp³-hybridized carbons (Fsp3) is 0.261. The van der Waals surface area contributed by atoms with E-state index >= 15 is 0 Å². The molecule has 0 saturated heterocycles. The number of aromatic nitrogens is 1. The third kappa shape index (κ3) is 2.93. The van der Waals surface area contributed by atoms with Gasteiger partial charge in [-0.1, -0.05) is 38.1 Å². The Kier molecular flexibility index (Phi) is 4.82. The van der Waals surface area contributed by atoms with Crippen LogP contribution in [0.15, 0.2) is 51.7 Å². The normalized spacial score (nSPS) is 11.4. The van der Waals surface area contributed by atoms with Gasteiger partial charge < -0.3 is 9.32 Å². The monoisotopic (exact) mass is 374 g/mol. The zero-order chi connectivity index (χ0) is 19.7. The summed E-state index contributed by atoms with van der Waals surface area (Å²) in [6, 6.07) is 13.1. The van der Waals surface area contributed by atoms with E-state index in [1.165, 1.54) is 0 Å². The van der Waals surface area contributed by atoms with E-state index in [-0.39, 0.29) is 16.8 Å². The van der Waals surface area contributed by atoms with E-state index in [9.17, 15) is 9.59 Å². The topological polar surface area (TPSA) is 63.4 Å². The number of nitrogens with zero attached hydrogens (tertiary/aromatic N) is 2. The van der Waals surface area contributed by atoms with Gasteiger partial charge in [-0.2, -0.15) is 0 Å². The molecule has 2 aromatic carbocycles. The SMILES string of the molecule is CCCN(CCC)c1ccc2nc3c4ccccc4c(=O)c(C=O)c-3oc2c1. The van der Waals surface area contributed by atoms with Crippen LogP contribution in [0.25, 0.3) is 33.3 Å². The van der Waals surface area contributed by atoms with Crippen molar-refractivity contribution >= 4 is 33.8 Å². The van der Waals surface area contributed by atoms with Crippen LogP contribution in [0.2, 0.25) is 0 Å². The fourth-order valence-corrected chi connectivity index (χ4v) is 3.72. The molecule has 0 fully saturated rings. The number of carbonyl (C=O) groups excluding carboxylic acids is 1. The van der Waals surface area contributed by atoms with Crippen LogP contribution in [0.3, 0.4) is 0 Å². The number of benzene rings is 3. The van der Waals surface area contributed by atoms with Gasteiger partial charge in [0, 0.05) is 35.6 Å². The van der Waals surface area contributed by atoms with E-state index in [0.717, 1.165) is 31.6 Å².